The molecule has 3 aliphatic heterocycles. The molecule has 2 saturated heterocycles. The summed E-state index contributed by atoms with van der Waals surface area (Å²) in [5.74, 6) is -0.130. The van der Waals surface area contributed by atoms with Crippen molar-refractivity contribution in [3.05, 3.63) is 29.8 Å². The number of urea groups is 1. The number of fused-ring (bicyclic) bond motifs is 1. The predicted molar refractivity (Wildman–Crippen MR) is 120 cm³/mol. The van der Waals surface area contributed by atoms with Crippen LogP contribution in [-0.2, 0) is 16.1 Å². The maximum atomic E-state index is 12.5. The van der Waals surface area contributed by atoms with Crippen LogP contribution in [0, 0.1) is 0 Å². The van der Waals surface area contributed by atoms with Gasteiger partial charge in [-0.3, -0.25) is 4.79 Å². The number of ether oxygens (including phenoxy) is 1. The number of hydrogen-bond donors (Lipinski definition) is 1. The third-order valence-electron chi connectivity index (χ3n) is 6.89. The highest BCUT2D eigenvalue weighted by atomic mass is 16.6. The van der Waals surface area contributed by atoms with Crippen molar-refractivity contribution in [3.63, 3.8) is 0 Å². The zero-order valence-electron chi connectivity index (χ0n) is 19.0. The molecule has 1 N–H and O–H groups in total. The molecule has 174 valence electrons. The van der Waals surface area contributed by atoms with Crippen LogP contribution < -0.4 is 5.32 Å². The second-order valence-corrected chi connectivity index (χ2v) is 9.06. The minimum atomic E-state index is -0.451. The van der Waals surface area contributed by atoms with E-state index in [9.17, 15) is 14.4 Å². The Morgan fingerprint density at radius 2 is 1.69 bits per heavy atom. The van der Waals surface area contributed by atoms with Gasteiger partial charge in [0.2, 0.25) is 0 Å². The average Bonchev–Trinajstić information content (AvgIpc) is 2.82. The third kappa shape index (κ3) is 4.98. The number of carbonyl (C=O) groups is 3. The normalized spacial score (nSPS) is 20.2. The molecule has 0 atom stereocenters. The van der Waals surface area contributed by atoms with Gasteiger partial charge in [0, 0.05) is 50.5 Å². The molecule has 0 aliphatic carbocycles. The quantitative estimate of drug-likeness (QED) is 0.771. The van der Waals surface area contributed by atoms with Crippen LogP contribution in [0.3, 0.4) is 0 Å². The van der Waals surface area contributed by atoms with Gasteiger partial charge in [-0.1, -0.05) is 18.2 Å². The Balaban J connectivity index is 1.20. The first kappa shape index (κ1) is 22.4. The lowest BCUT2D eigenvalue weighted by atomic mass is 10.0. The topological polar surface area (TPSA) is 85.4 Å². The van der Waals surface area contributed by atoms with Crippen LogP contribution in [0.4, 0.5) is 15.3 Å². The van der Waals surface area contributed by atoms with Crippen molar-refractivity contribution >= 4 is 23.7 Å². The number of carbonyl (C=O) groups excluding carboxylic acids is 3. The van der Waals surface area contributed by atoms with E-state index in [1.54, 1.807) is 9.80 Å². The zero-order chi connectivity index (χ0) is 22.7. The molecule has 0 spiro atoms. The van der Waals surface area contributed by atoms with E-state index in [4.69, 9.17) is 4.74 Å². The highest BCUT2D eigenvalue weighted by Crippen LogP contribution is 2.27. The molecule has 0 bridgehead atoms. The lowest BCUT2D eigenvalue weighted by molar-refractivity contribution is -0.136. The summed E-state index contributed by atoms with van der Waals surface area (Å²) in [6, 6.07) is 8.30. The maximum Gasteiger partial charge on any atom is 0.410 e. The number of nitrogens with one attached hydrogen (secondary N) is 1. The summed E-state index contributed by atoms with van der Waals surface area (Å²) >= 11 is 0. The van der Waals surface area contributed by atoms with Crippen LogP contribution in [0.2, 0.25) is 0 Å². The Kier molecular flexibility index (Phi) is 6.83. The standard InChI is InChI=1S/C23H33N5O4/c1-25(2)18-7-11-26(12-8-18)21(29)16-32-23(31)27-13-9-19(10-14-27)28-15-17-5-3-4-6-20(17)24-22(28)30/h3-6,18-19H,7-16H2,1-2H3,(H,24,30). The summed E-state index contributed by atoms with van der Waals surface area (Å²) in [5.41, 5.74) is 1.97. The van der Waals surface area contributed by atoms with Gasteiger partial charge in [0.25, 0.3) is 5.91 Å². The first-order valence-electron chi connectivity index (χ1n) is 11.4. The first-order chi connectivity index (χ1) is 15.4. The van der Waals surface area contributed by atoms with Gasteiger partial charge in [-0.2, -0.15) is 0 Å². The number of hydrogen-bond acceptors (Lipinski definition) is 5. The van der Waals surface area contributed by atoms with E-state index in [2.05, 4.69) is 24.3 Å². The molecule has 4 amide bonds. The molecule has 4 rings (SSSR count). The van der Waals surface area contributed by atoms with Gasteiger partial charge in [-0.15, -0.1) is 0 Å². The van der Waals surface area contributed by atoms with Crippen molar-refractivity contribution in [2.24, 2.45) is 0 Å². The molecule has 32 heavy (non-hydrogen) atoms. The van der Waals surface area contributed by atoms with Gasteiger partial charge < -0.3 is 29.7 Å². The Hall–Kier alpha value is -2.81. The van der Waals surface area contributed by atoms with Gasteiger partial charge in [0.05, 0.1) is 0 Å². The first-order valence-corrected chi connectivity index (χ1v) is 11.4. The number of amides is 4. The van der Waals surface area contributed by atoms with Gasteiger partial charge in [-0.05, 0) is 51.4 Å². The molecular formula is C23H33N5O4. The van der Waals surface area contributed by atoms with Crippen LogP contribution in [0.5, 0.6) is 0 Å². The summed E-state index contributed by atoms with van der Waals surface area (Å²) in [6.45, 7) is 2.79. The van der Waals surface area contributed by atoms with E-state index in [0.717, 1.165) is 24.1 Å². The fraction of sp³-hybridized carbons (Fsp3) is 0.609. The maximum absolute atomic E-state index is 12.5. The molecule has 0 unspecified atom stereocenters. The highest BCUT2D eigenvalue weighted by molar-refractivity contribution is 5.92. The average molecular weight is 444 g/mol. The highest BCUT2D eigenvalue weighted by Gasteiger charge is 2.33. The molecule has 2 fully saturated rings. The fourth-order valence-corrected chi connectivity index (χ4v) is 4.82. The van der Waals surface area contributed by atoms with Crippen LogP contribution in [0.25, 0.3) is 0 Å². The van der Waals surface area contributed by atoms with E-state index >= 15 is 0 Å². The third-order valence-corrected chi connectivity index (χ3v) is 6.89. The van der Waals surface area contributed by atoms with Gasteiger partial charge in [-0.25, -0.2) is 9.59 Å². The Morgan fingerprint density at radius 3 is 2.38 bits per heavy atom. The number of nitrogens with zero attached hydrogens (tertiary/aromatic N) is 4. The molecular weight excluding hydrogens is 410 g/mol. The van der Waals surface area contributed by atoms with Crippen molar-refractivity contribution in [2.75, 3.05) is 52.2 Å². The summed E-state index contributed by atoms with van der Waals surface area (Å²) in [4.78, 5) is 44.9. The lowest BCUT2D eigenvalue weighted by Crippen LogP contribution is -2.51. The van der Waals surface area contributed by atoms with Crippen LogP contribution in [0.15, 0.2) is 24.3 Å². The summed E-state index contributed by atoms with van der Waals surface area (Å²) < 4.78 is 5.31. The van der Waals surface area contributed by atoms with Crippen molar-refractivity contribution in [1.29, 1.82) is 0 Å². The summed E-state index contributed by atoms with van der Waals surface area (Å²) in [7, 11) is 4.12. The minimum absolute atomic E-state index is 0.0760. The molecule has 3 heterocycles. The largest absolute Gasteiger partial charge is 0.439 e. The second kappa shape index (κ2) is 9.77. The molecule has 3 aliphatic rings. The molecule has 1 aromatic rings. The van der Waals surface area contributed by atoms with Crippen molar-refractivity contribution in [1.82, 2.24) is 19.6 Å². The molecule has 0 radical (unpaired) electrons. The fourth-order valence-electron chi connectivity index (χ4n) is 4.82. The molecule has 9 nitrogen and oxygen atoms in total. The number of para-hydroxylation sites is 1. The zero-order valence-corrected chi connectivity index (χ0v) is 19.0. The van der Waals surface area contributed by atoms with E-state index < -0.39 is 6.09 Å². The number of rotatable bonds is 4. The minimum Gasteiger partial charge on any atom is -0.439 e. The van der Waals surface area contributed by atoms with Crippen LogP contribution >= 0.6 is 0 Å². The number of benzene rings is 1. The van der Waals surface area contributed by atoms with Crippen molar-refractivity contribution < 1.29 is 19.1 Å². The van der Waals surface area contributed by atoms with Crippen LogP contribution in [-0.4, -0.2) is 96.6 Å². The van der Waals surface area contributed by atoms with Gasteiger partial charge in [0.15, 0.2) is 6.61 Å². The van der Waals surface area contributed by atoms with Gasteiger partial charge >= 0.3 is 12.1 Å². The summed E-state index contributed by atoms with van der Waals surface area (Å²) in [5, 5.41) is 2.95. The second-order valence-electron chi connectivity index (χ2n) is 9.06. The van der Waals surface area contributed by atoms with Gasteiger partial charge in [0.1, 0.15) is 0 Å². The van der Waals surface area contributed by atoms with E-state index in [0.29, 0.717) is 51.6 Å². The smallest absolute Gasteiger partial charge is 0.410 e. The number of anilines is 1. The molecule has 1 aromatic carbocycles. The lowest BCUT2D eigenvalue weighted by Gasteiger charge is -2.40. The molecule has 9 heteroatoms. The Bertz CT molecular complexity index is 845. The van der Waals surface area contributed by atoms with Crippen molar-refractivity contribution in [3.8, 4) is 0 Å². The van der Waals surface area contributed by atoms with E-state index in [-0.39, 0.29) is 24.6 Å². The Labute approximate surface area is 189 Å². The predicted octanol–water partition coefficient (Wildman–Crippen LogP) is 2.19. The number of likely N-dealkylation sites (tertiary alicyclic amines) is 2. The SMILES string of the molecule is CN(C)C1CCN(C(=O)COC(=O)N2CCC(N3Cc4ccccc4NC3=O)CC2)CC1. The molecule has 0 aromatic heterocycles. The Morgan fingerprint density at radius 1 is 1.03 bits per heavy atom. The number of piperidine rings is 2. The van der Waals surface area contributed by atoms with Crippen LogP contribution in [0.1, 0.15) is 31.2 Å². The monoisotopic (exact) mass is 443 g/mol. The van der Waals surface area contributed by atoms with E-state index in [1.807, 2.05) is 29.2 Å². The molecule has 0 saturated carbocycles. The van der Waals surface area contributed by atoms with E-state index in [1.165, 1.54) is 0 Å². The van der Waals surface area contributed by atoms with Crippen molar-refractivity contribution in [2.45, 2.75) is 44.3 Å². The summed E-state index contributed by atoms with van der Waals surface area (Å²) in [6.07, 6.45) is 2.81.